The molecule has 98 valence electrons. The van der Waals surface area contributed by atoms with Gasteiger partial charge in [-0.2, -0.15) is 0 Å². The summed E-state index contributed by atoms with van der Waals surface area (Å²) >= 11 is 0. The van der Waals surface area contributed by atoms with Crippen molar-refractivity contribution in [2.45, 2.75) is 70.4 Å². The van der Waals surface area contributed by atoms with Gasteiger partial charge in [-0.3, -0.25) is 4.79 Å². The lowest BCUT2D eigenvalue weighted by Gasteiger charge is -2.33. The molecular weight excluding hydrogens is 214 g/mol. The number of hydrogen-bond donors (Lipinski definition) is 2. The number of aliphatic carboxylic acids is 1. The number of hydrogen-bond acceptors (Lipinski definition) is 2. The summed E-state index contributed by atoms with van der Waals surface area (Å²) in [5.41, 5.74) is 0. The number of carbonyl (C=O) groups is 1. The molecule has 1 atom stereocenters. The molecule has 2 rings (SSSR count). The zero-order valence-corrected chi connectivity index (χ0v) is 10.8. The summed E-state index contributed by atoms with van der Waals surface area (Å²) in [6.45, 7) is 2.28. The van der Waals surface area contributed by atoms with Crippen molar-refractivity contribution in [1.82, 2.24) is 5.32 Å². The molecule has 0 amide bonds. The highest BCUT2D eigenvalue weighted by atomic mass is 16.4. The van der Waals surface area contributed by atoms with Crippen molar-refractivity contribution in [2.24, 2.45) is 11.8 Å². The number of nitrogens with one attached hydrogen (secondary N) is 1. The second-order valence-electron chi connectivity index (χ2n) is 5.99. The van der Waals surface area contributed by atoms with Crippen molar-refractivity contribution in [3.63, 3.8) is 0 Å². The molecule has 2 N–H and O–H groups in total. The molecule has 0 bridgehead atoms. The van der Waals surface area contributed by atoms with Gasteiger partial charge >= 0.3 is 5.97 Å². The lowest BCUT2D eigenvalue weighted by Crippen LogP contribution is -2.41. The highest BCUT2D eigenvalue weighted by Crippen LogP contribution is 2.31. The first-order valence-corrected chi connectivity index (χ1v) is 7.14. The lowest BCUT2D eigenvalue weighted by atomic mass is 9.80. The Morgan fingerprint density at radius 2 is 1.88 bits per heavy atom. The second kappa shape index (κ2) is 5.85. The molecule has 0 aliphatic heterocycles. The molecule has 2 fully saturated rings. The van der Waals surface area contributed by atoms with Crippen LogP contribution in [0.1, 0.15) is 58.3 Å². The quantitative estimate of drug-likeness (QED) is 0.775. The van der Waals surface area contributed by atoms with E-state index >= 15 is 0 Å². The third-order valence-corrected chi connectivity index (χ3v) is 4.51. The summed E-state index contributed by atoms with van der Waals surface area (Å²) in [5.74, 6) is 0.258. The van der Waals surface area contributed by atoms with Crippen LogP contribution >= 0.6 is 0 Å². The van der Waals surface area contributed by atoms with Gasteiger partial charge in [0, 0.05) is 12.1 Å². The van der Waals surface area contributed by atoms with E-state index in [9.17, 15) is 4.79 Å². The summed E-state index contributed by atoms with van der Waals surface area (Å²) in [6, 6.07) is 1.16. The van der Waals surface area contributed by atoms with Crippen LogP contribution in [-0.4, -0.2) is 23.2 Å². The van der Waals surface area contributed by atoms with Gasteiger partial charge in [0.1, 0.15) is 0 Å². The fraction of sp³-hybridized carbons (Fsp3) is 0.929. The van der Waals surface area contributed by atoms with Crippen molar-refractivity contribution >= 4 is 5.97 Å². The molecule has 0 radical (unpaired) electrons. The molecule has 0 aromatic rings. The van der Waals surface area contributed by atoms with E-state index in [1.54, 1.807) is 0 Å². The molecule has 0 heterocycles. The largest absolute Gasteiger partial charge is 0.481 e. The Morgan fingerprint density at radius 3 is 2.35 bits per heavy atom. The van der Waals surface area contributed by atoms with Crippen LogP contribution in [0.3, 0.4) is 0 Å². The highest BCUT2D eigenvalue weighted by Gasteiger charge is 2.27. The number of carboxylic acid groups (broad SMARTS) is 1. The minimum atomic E-state index is -0.606. The van der Waals surface area contributed by atoms with Crippen LogP contribution in [0.2, 0.25) is 0 Å². The van der Waals surface area contributed by atoms with Crippen LogP contribution in [0, 0.1) is 11.8 Å². The van der Waals surface area contributed by atoms with Gasteiger partial charge in [0.05, 0.1) is 5.92 Å². The average molecular weight is 239 g/mol. The summed E-state index contributed by atoms with van der Waals surface area (Å²) in [5, 5.41) is 12.6. The van der Waals surface area contributed by atoms with Crippen molar-refractivity contribution < 1.29 is 9.90 Å². The standard InChI is InChI=1S/C14H25NO2/c1-10(9-11-3-2-4-11)15-13-7-5-12(6-8-13)14(16)17/h10-13,15H,2-9H2,1H3,(H,16,17). The van der Waals surface area contributed by atoms with E-state index < -0.39 is 5.97 Å². The second-order valence-corrected chi connectivity index (χ2v) is 5.99. The molecule has 3 nitrogen and oxygen atoms in total. The van der Waals surface area contributed by atoms with E-state index in [0.29, 0.717) is 12.1 Å². The zero-order valence-electron chi connectivity index (χ0n) is 10.8. The predicted octanol–water partition coefficient (Wildman–Crippen LogP) is 2.80. The Kier molecular flexibility index (Phi) is 4.43. The normalized spacial score (nSPS) is 31.8. The smallest absolute Gasteiger partial charge is 0.306 e. The van der Waals surface area contributed by atoms with Gasteiger partial charge in [0.15, 0.2) is 0 Å². The SMILES string of the molecule is CC(CC1CCC1)NC1CCC(C(=O)O)CC1. The fourth-order valence-electron chi connectivity index (χ4n) is 3.21. The first kappa shape index (κ1) is 12.9. The first-order chi connectivity index (χ1) is 8.15. The Hall–Kier alpha value is -0.570. The topological polar surface area (TPSA) is 49.3 Å². The summed E-state index contributed by atoms with van der Waals surface area (Å²) in [7, 11) is 0. The number of rotatable bonds is 5. The first-order valence-electron chi connectivity index (χ1n) is 7.14. The predicted molar refractivity (Wildman–Crippen MR) is 67.9 cm³/mol. The third kappa shape index (κ3) is 3.70. The van der Waals surface area contributed by atoms with E-state index in [4.69, 9.17) is 5.11 Å². The van der Waals surface area contributed by atoms with Gasteiger partial charge in [-0.05, 0) is 44.9 Å². The summed E-state index contributed by atoms with van der Waals surface area (Å²) < 4.78 is 0. The van der Waals surface area contributed by atoms with E-state index in [-0.39, 0.29) is 5.92 Å². The Bertz CT molecular complexity index is 255. The maximum absolute atomic E-state index is 10.9. The maximum Gasteiger partial charge on any atom is 0.306 e. The highest BCUT2D eigenvalue weighted by molar-refractivity contribution is 5.70. The van der Waals surface area contributed by atoms with E-state index in [1.165, 1.54) is 25.7 Å². The van der Waals surface area contributed by atoms with Crippen molar-refractivity contribution in [3.05, 3.63) is 0 Å². The molecule has 0 aromatic carbocycles. The Morgan fingerprint density at radius 1 is 1.24 bits per heavy atom. The molecule has 2 saturated carbocycles. The van der Waals surface area contributed by atoms with Gasteiger partial charge < -0.3 is 10.4 Å². The van der Waals surface area contributed by atoms with Gasteiger partial charge in [0.25, 0.3) is 0 Å². The van der Waals surface area contributed by atoms with E-state index in [1.807, 2.05) is 0 Å². The Labute approximate surface area is 104 Å². The summed E-state index contributed by atoms with van der Waals surface area (Å²) in [6.07, 6.45) is 9.32. The maximum atomic E-state index is 10.9. The molecule has 0 saturated heterocycles. The van der Waals surface area contributed by atoms with Crippen molar-refractivity contribution in [2.75, 3.05) is 0 Å². The van der Waals surface area contributed by atoms with Gasteiger partial charge in [-0.15, -0.1) is 0 Å². The molecule has 2 aliphatic carbocycles. The monoisotopic (exact) mass is 239 g/mol. The average Bonchev–Trinajstić information content (AvgIpc) is 2.24. The minimum Gasteiger partial charge on any atom is -0.481 e. The van der Waals surface area contributed by atoms with Gasteiger partial charge in [0.2, 0.25) is 0 Å². The third-order valence-electron chi connectivity index (χ3n) is 4.51. The molecule has 1 unspecified atom stereocenters. The zero-order chi connectivity index (χ0) is 12.3. The molecule has 0 spiro atoms. The van der Waals surface area contributed by atoms with Crippen LogP contribution in [0.4, 0.5) is 0 Å². The summed E-state index contributed by atoms with van der Waals surface area (Å²) in [4.78, 5) is 10.9. The van der Waals surface area contributed by atoms with Crippen molar-refractivity contribution in [1.29, 1.82) is 0 Å². The van der Waals surface area contributed by atoms with E-state index in [2.05, 4.69) is 12.2 Å². The minimum absolute atomic E-state index is 0.0880. The van der Waals surface area contributed by atoms with Crippen LogP contribution < -0.4 is 5.32 Å². The molecule has 17 heavy (non-hydrogen) atoms. The van der Waals surface area contributed by atoms with Gasteiger partial charge in [-0.25, -0.2) is 0 Å². The van der Waals surface area contributed by atoms with Crippen LogP contribution in [-0.2, 0) is 4.79 Å². The van der Waals surface area contributed by atoms with Crippen LogP contribution in [0.5, 0.6) is 0 Å². The lowest BCUT2D eigenvalue weighted by molar-refractivity contribution is -0.142. The van der Waals surface area contributed by atoms with Gasteiger partial charge in [-0.1, -0.05) is 19.3 Å². The Balaban J connectivity index is 1.64. The van der Waals surface area contributed by atoms with Crippen molar-refractivity contribution in [3.8, 4) is 0 Å². The molecule has 3 heteroatoms. The fourth-order valence-corrected chi connectivity index (χ4v) is 3.21. The molecular formula is C14H25NO2. The van der Waals surface area contributed by atoms with E-state index in [0.717, 1.165) is 31.6 Å². The molecule has 0 aromatic heterocycles. The molecule has 2 aliphatic rings. The number of carboxylic acids is 1. The van der Waals surface area contributed by atoms with Crippen LogP contribution in [0.25, 0.3) is 0 Å². The van der Waals surface area contributed by atoms with Crippen LogP contribution in [0.15, 0.2) is 0 Å².